The van der Waals surface area contributed by atoms with Crippen molar-refractivity contribution in [1.82, 2.24) is 9.47 Å². The molecular weight excluding hydrogens is 376 g/mol. The Morgan fingerprint density at radius 1 is 0.931 bits per heavy atom. The van der Waals surface area contributed by atoms with E-state index in [0.717, 1.165) is 37.3 Å². The minimum Gasteiger partial charge on any atom is -0.311 e. The topological polar surface area (TPSA) is 25.2 Å². The molecule has 4 heteroatoms. The van der Waals surface area contributed by atoms with E-state index in [1.807, 2.05) is 6.07 Å². The first-order chi connectivity index (χ1) is 14.2. The molecule has 2 atom stereocenters. The molecule has 0 spiro atoms. The summed E-state index contributed by atoms with van der Waals surface area (Å²) in [5, 5.41) is 0. The zero-order chi connectivity index (χ0) is 19.8. The molecule has 0 aliphatic carbocycles. The number of hydrogen-bond donors (Lipinski definition) is 0. The second-order valence-corrected chi connectivity index (χ2v) is 9.17. The monoisotopic (exact) mass is 402 g/mol. The molecule has 1 fully saturated rings. The van der Waals surface area contributed by atoms with E-state index in [1.54, 1.807) is 11.8 Å². The van der Waals surface area contributed by atoms with Crippen LogP contribution in [0.1, 0.15) is 23.6 Å². The summed E-state index contributed by atoms with van der Waals surface area (Å²) in [5.41, 5.74) is 4.60. The number of nitrogens with zero attached hydrogens (tertiary/aromatic N) is 2. The Morgan fingerprint density at radius 3 is 2.48 bits per heavy atom. The Bertz CT molecular complexity index is 1060. The lowest BCUT2D eigenvalue weighted by molar-refractivity contribution is 0.114. The largest absolute Gasteiger partial charge is 0.311 e. The van der Waals surface area contributed by atoms with Crippen molar-refractivity contribution in [1.29, 1.82) is 0 Å². The van der Waals surface area contributed by atoms with Gasteiger partial charge in [0.1, 0.15) is 0 Å². The zero-order valence-electron chi connectivity index (χ0n) is 16.8. The third-order valence-corrected chi connectivity index (χ3v) is 7.07. The molecule has 148 valence electrons. The van der Waals surface area contributed by atoms with Gasteiger partial charge in [0.15, 0.2) is 0 Å². The number of thioether (sulfide) groups is 1. The normalized spacial score (nSPS) is 21.0. The van der Waals surface area contributed by atoms with Crippen molar-refractivity contribution in [3.63, 3.8) is 0 Å². The first-order valence-corrected chi connectivity index (χ1v) is 11.6. The van der Waals surface area contributed by atoms with E-state index in [4.69, 9.17) is 0 Å². The van der Waals surface area contributed by atoms with Crippen LogP contribution in [-0.2, 0) is 13.1 Å². The second kappa shape index (κ2) is 7.85. The zero-order valence-corrected chi connectivity index (χ0v) is 17.6. The molecule has 2 bridgehead atoms. The Hall–Kier alpha value is -2.30. The van der Waals surface area contributed by atoms with Gasteiger partial charge in [0.05, 0.1) is 0 Å². The number of aromatic nitrogens is 1. The second-order valence-electron chi connectivity index (χ2n) is 8.29. The van der Waals surface area contributed by atoms with Gasteiger partial charge in [-0.1, -0.05) is 42.5 Å². The van der Waals surface area contributed by atoms with Crippen molar-refractivity contribution in [2.24, 2.45) is 5.92 Å². The van der Waals surface area contributed by atoms with E-state index in [0.29, 0.717) is 11.8 Å². The number of benzene rings is 2. The predicted octanol–water partition coefficient (Wildman–Crippen LogP) is 4.86. The number of rotatable bonds is 4. The lowest BCUT2D eigenvalue weighted by Gasteiger charge is -2.43. The highest BCUT2D eigenvalue weighted by Crippen LogP contribution is 2.36. The minimum absolute atomic E-state index is 0.172. The summed E-state index contributed by atoms with van der Waals surface area (Å²) in [6.07, 6.45) is 3.27. The van der Waals surface area contributed by atoms with Crippen LogP contribution in [-0.4, -0.2) is 28.8 Å². The third-order valence-electron chi connectivity index (χ3n) is 6.33. The van der Waals surface area contributed by atoms with Gasteiger partial charge in [0.2, 0.25) is 0 Å². The number of piperidine rings is 1. The van der Waals surface area contributed by atoms with Crippen LogP contribution < -0.4 is 5.56 Å². The Labute approximate surface area is 176 Å². The molecule has 29 heavy (non-hydrogen) atoms. The van der Waals surface area contributed by atoms with E-state index in [1.165, 1.54) is 22.6 Å². The van der Waals surface area contributed by atoms with Crippen LogP contribution in [0.3, 0.4) is 0 Å². The van der Waals surface area contributed by atoms with Crippen LogP contribution in [0, 0.1) is 5.92 Å². The van der Waals surface area contributed by atoms with Gasteiger partial charge in [-0.25, -0.2) is 0 Å². The van der Waals surface area contributed by atoms with Crippen LogP contribution in [0.5, 0.6) is 0 Å². The molecule has 3 heterocycles. The lowest BCUT2D eigenvalue weighted by atomic mass is 9.82. The van der Waals surface area contributed by atoms with Gasteiger partial charge in [-0.15, -0.1) is 11.8 Å². The van der Waals surface area contributed by atoms with Gasteiger partial charge in [-0.3, -0.25) is 9.69 Å². The van der Waals surface area contributed by atoms with Crippen LogP contribution in [0.4, 0.5) is 0 Å². The maximum absolute atomic E-state index is 13.3. The molecule has 3 aromatic rings. The molecule has 2 aromatic carbocycles. The molecule has 2 aliphatic rings. The van der Waals surface area contributed by atoms with Gasteiger partial charge in [0, 0.05) is 48.2 Å². The fourth-order valence-electron chi connectivity index (χ4n) is 5.01. The average Bonchev–Trinajstić information content (AvgIpc) is 2.75. The lowest BCUT2D eigenvalue weighted by Crippen LogP contribution is -2.46. The molecular formula is C25H26N2OS. The van der Waals surface area contributed by atoms with Crippen molar-refractivity contribution >= 4 is 11.8 Å². The molecule has 2 aliphatic heterocycles. The van der Waals surface area contributed by atoms with E-state index in [-0.39, 0.29) is 5.56 Å². The molecule has 1 aromatic heterocycles. The molecule has 1 saturated heterocycles. The van der Waals surface area contributed by atoms with Gasteiger partial charge in [-0.2, -0.15) is 0 Å². The maximum Gasteiger partial charge on any atom is 0.258 e. The highest BCUT2D eigenvalue weighted by molar-refractivity contribution is 7.98. The Morgan fingerprint density at radius 2 is 1.72 bits per heavy atom. The summed E-state index contributed by atoms with van der Waals surface area (Å²) >= 11 is 1.72. The van der Waals surface area contributed by atoms with Gasteiger partial charge in [-0.05, 0) is 54.0 Å². The molecule has 0 radical (unpaired) electrons. The van der Waals surface area contributed by atoms with Crippen molar-refractivity contribution in [2.75, 3.05) is 19.3 Å². The maximum atomic E-state index is 13.3. The van der Waals surface area contributed by atoms with E-state index in [9.17, 15) is 4.79 Å². The van der Waals surface area contributed by atoms with E-state index < -0.39 is 0 Å². The quantitative estimate of drug-likeness (QED) is 0.583. The summed E-state index contributed by atoms with van der Waals surface area (Å²) in [7, 11) is 0. The minimum atomic E-state index is 0.172. The number of pyridine rings is 1. The first-order valence-electron chi connectivity index (χ1n) is 10.4. The SMILES string of the molecule is CSc1ccc(-c2ccc3n(c2=O)C[C@H]2C[C@@H]3CN(Cc3ccccc3)C2)cc1. The van der Waals surface area contributed by atoms with Crippen molar-refractivity contribution < 1.29 is 0 Å². The molecule has 0 unspecified atom stereocenters. The Kier molecular flexibility index (Phi) is 5.06. The van der Waals surface area contributed by atoms with Crippen molar-refractivity contribution in [3.8, 4) is 11.1 Å². The summed E-state index contributed by atoms with van der Waals surface area (Å²) < 4.78 is 2.07. The summed E-state index contributed by atoms with van der Waals surface area (Å²) in [6.45, 7) is 3.95. The van der Waals surface area contributed by atoms with Crippen LogP contribution in [0.25, 0.3) is 11.1 Å². The summed E-state index contributed by atoms with van der Waals surface area (Å²) in [5.74, 6) is 1.00. The van der Waals surface area contributed by atoms with E-state index in [2.05, 4.69) is 76.4 Å². The predicted molar refractivity (Wildman–Crippen MR) is 120 cm³/mol. The summed E-state index contributed by atoms with van der Waals surface area (Å²) in [4.78, 5) is 17.1. The van der Waals surface area contributed by atoms with Crippen molar-refractivity contribution in [2.45, 2.75) is 30.3 Å². The van der Waals surface area contributed by atoms with E-state index >= 15 is 0 Å². The van der Waals surface area contributed by atoms with Gasteiger partial charge in [0.25, 0.3) is 5.56 Å². The van der Waals surface area contributed by atoms with Crippen LogP contribution >= 0.6 is 11.8 Å². The number of fused-ring (bicyclic) bond motifs is 4. The smallest absolute Gasteiger partial charge is 0.258 e. The summed E-state index contributed by atoms with van der Waals surface area (Å²) in [6, 6.07) is 23.3. The third kappa shape index (κ3) is 3.67. The standard InChI is InChI=1S/C25H26N2OS/c1-29-22-9-7-20(8-10-22)23-11-12-24-21-13-19(16-27(24)25(23)28)15-26(17-21)14-18-5-3-2-4-6-18/h2-12,19,21H,13-17H2,1H3/t19-,21+/m0/s1. The highest BCUT2D eigenvalue weighted by Gasteiger charge is 2.34. The first kappa shape index (κ1) is 18.7. The highest BCUT2D eigenvalue weighted by atomic mass is 32.2. The number of hydrogen-bond acceptors (Lipinski definition) is 3. The molecule has 3 nitrogen and oxygen atoms in total. The number of likely N-dealkylation sites (tertiary alicyclic amines) is 1. The fourth-order valence-corrected chi connectivity index (χ4v) is 5.41. The van der Waals surface area contributed by atoms with Gasteiger partial charge >= 0.3 is 0 Å². The molecule has 5 rings (SSSR count). The van der Waals surface area contributed by atoms with Crippen LogP contribution in [0.2, 0.25) is 0 Å². The Balaban J connectivity index is 1.42. The molecule has 0 saturated carbocycles. The van der Waals surface area contributed by atoms with Gasteiger partial charge < -0.3 is 4.57 Å². The molecule has 0 N–H and O–H groups in total. The van der Waals surface area contributed by atoms with Crippen LogP contribution in [0.15, 0.2) is 76.4 Å². The fraction of sp³-hybridized carbons (Fsp3) is 0.320. The molecule has 0 amide bonds. The van der Waals surface area contributed by atoms with Crippen molar-refractivity contribution in [3.05, 3.63) is 88.3 Å². The average molecular weight is 403 g/mol.